The monoisotopic (exact) mass is 285 g/mol. The van der Waals surface area contributed by atoms with Crippen molar-refractivity contribution in [3.8, 4) is 0 Å². The van der Waals surface area contributed by atoms with Gasteiger partial charge in [0.05, 0.1) is 5.41 Å². The summed E-state index contributed by atoms with van der Waals surface area (Å²) < 4.78 is 0. The van der Waals surface area contributed by atoms with Crippen molar-refractivity contribution < 1.29 is 4.79 Å². The van der Waals surface area contributed by atoms with Gasteiger partial charge in [-0.25, -0.2) is 9.97 Å². The first-order valence-corrected chi connectivity index (χ1v) is 7.59. The van der Waals surface area contributed by atoms with Gasteiger partial charge >= 0.3 is 0 Å². The minimum atomic E-state index is -0.483. The Hall–Kier alpha value is -0.810. The lowest BCUT2D eigenvalue weighted by Gasteiger charge is -2.16. The van der Waals surface area contributed by atoms with E-state index in [4.69, 9.17) is 11.6 Å². The second-order valence-electron chi connectivity index (χ2n) is 4.40. The van der Waals surface area contributed by atoms with Crippen LogP contribution in [0.25, 0.3) is 0 Å². The lowest BCUT2D eigenvalue weighted by molar-refractivity contribution is -0.123. The Morgan fingerprint density at radius 2 is 2.33 bits per heavy atom. The van der Waals surface area contributed by atoms with Crippen LogP contribution in [0.2, 0.25) is 5.15 Å². The molecule has 18 heavy (non-hydrogen) atoms. The summed E-state index contributed by atoms with van der Waals surface area (Å²) in [6.07, 6.45) is 6.16. The first-order valence-electron chi connectivity index (χ1n) is 5.99. The normalized spacial score (nSPS) is 16.4. The van der Waals surface area contributed by atoms with Crippen LogP contribution < -0.4 is 5.32 Å². The highest BCUT2D eigenvalue weighted by molar-refractivity contribution is 7.98. The molecule has 0 saturated heterocycles. The molecule has 1 amide bonds. The molecular formula is C12H16ClN3OS. The Bertz CT molecular complexity index is 463. The van der Waals surface area contributed by atoms with Crippen molar-refractivity contribution in [1.82, 2.24) is 15.3 Å². The molecule has 0 bridgehead atoms. The maximum absolute atomic E-state index is 12.2. The Balaban J connectivity index is 2.22. The molecule has 1 aromatic heterocycles. The number of thioether (sulfide) groups is 1. The van der Waals surface area contributed by atoms with Gasteiger partial charge in [0.1, 0.15) is 5.15 Å². The predicted molar refractivity (Wildman–Crippen MR) is 73.0 cm³/mol. The minimum Gasteiger partial charge on any atom is -0.355 e. The number of hydrogen-bond donors (Lipinski definition) is 1. The van der Waals surface area contributed by atoms with E-state index in [1.165, 1.54) is 11.8 Å². The molecule has 1 saturated carbocycles. The van der Waals surface area contributed by atoms with Crippen LogP contribution in [0.1, 0.15) is 31.7 Å². The van der Waals surface area contributed by atoms with Gasteiger partial charge < -0.3 is 5.32 Å². The average Bonchev–Trinajstić information content (AvgIpc) is 3.17. The van der Waals surface area contributed by atoms with Gasteiger partial charge in [-0.1, -0.05) is 30.3 Å². The molecule has 1 aliphatic rings. The Labute approximate surface area is 116 Å². The maximum atomic E-state index is 12.2. The summed E-state index contributed by atoms with van der Waals surface area (Å²) in [6, 6.07) is 0. The second-order valence-corrected chi connectivity index (χ2v) is 5.53. The third-order valence-electron chi connectivity index (χ3n) is 3.14. The molecule has 1 aromatic rings. The van der Waals surface area contributed by atoms with E-state index >= 15 is 0 Å². The van der Waals surface area contributed by atoms with Gasteiger partial charge in [0, 0.05) is 18.3 Å². The highest BCUT2D eigenvalue weighted by Gasteiger charge is 2.52. The van der Waals surface area contributed by atoms with E-state index in [0.717, 1.165) is 24.8 Å². The highest BCUT2D eigenvalue weighted by atomic mass is 35.5. The van der Waals surface area contributed by atoms with Crippen LogP contribution in [-0.2, 0) is 10.2 Å². The first kappa shape index (κ1) is 13.6. The van der Waals surface area contributed by atoms with E-state index < -0.39 is 5.41 Å². The smallest absolute Gasteiger partial charge is 0.230 e. The van der Waals surface area contributed by atoms with Crippen LogP contribution in [0.3, 0.4) is 0 Å². The summed E-state index contributed by atoms with van der Waals surface area (Å²) in [4.78, 5) is 20.6. The number of carbonyl (C=O) groups is 1. The van der Waals surface area contributed by atoms with Crippen molar-refractivity contribution in [3.05, 3.63) is 16.9 Å². The number of rotatable bonds is 5. The fourth-order valence-electron chi connectivity index (χ4n) is 1.92. The average molecular weight is 286 g/mol. The number of halogens is 1. The molecule has 1 aliphatic carbocycles. The summed E-state index contributed by atoms with van der Waals surface area (Å²) >= 11 is 7.60. The molecule has 1 fully saturated rings. The molecule has 6 heteroatoms. The molecule has 1 N–H and O–H groups in total. The Kier molecular flexibility index (Phi) is 4.12. The summed E-state index contributed by atoms with van der Waals surface area (Å²) in [7, 11) is 0. The topological polar surface area (TPSA) is 54.9 Å². The van der Waals surface area contributed by atoms with Gasteiger partial charge in [0.2, 0.25) is 5.91 Å². The molecular weight excluding hydrogens is 270 g/mol. The van der Waals surface area contributed by atoms with Crippen molar-refractivity contribution in [1.29, 1.82) is 0 Å². The van der Waals surface area contributed by atoms with Crippen LogP contribution in [0, 0.1) is 0 Å². The van der Waals surface area contributed by atoms with Crippen molar-refractivity contribution in [2.45, 2.75) is 36.8 Å². The summed E-state index contributed by atoms with van der Waals surface area (Å²) in [5.74, 6) is 0.0479. The van der Waals surface area contributed by atoms with Gasteiger partial charge in [0.25, 0.3) is 0 Å². The standard InChI is InChI=1S/C12H16ClN3OS/c1-3-6-14-10(17)12(4-5-12)8-7-15-11(18-2)16-9(8)13/h7H,3-6H2,1-2H3,(H,14,17). The molecule has 1 heterocycles. The zero-order valence-corrected chi connectivity index (χ0v) is 12.1. The molecule has 0 radical (unpaired) electrons. The van der Waals surface area contributed by atoms with Crippen molar-refractivity contribution in [3.63, 3.8) is 0 Å². The minimum absolute atomic E-state index is 0.0479. The third-order valence-corrected chi connectivity index (χ3v) is 3.99. The quantitative estimate of drug-likeness (QED) is 0.513. The predicted octanol–water partition coefficient (Wildman–Crippen LogP) is 2.41. The molecule has 0 aliphatic heterocycles. The summed E-state index contributed by atoms with van der Waals surface area (Å²) in [5, 5.41) is 3.97. The lowest BCUT2D eigenvalue weighted by Crippen LogP contribution is -2.35. The molecule has 0 spiro atoms. The SMILES string of the molecule is CCCNC(=O)C1(c2cnc(SC)nc2Cl)CC1. The van der Waals surface area contributed by atoms with Crippen LogP contribution in [-0.4, -0.2) is 28.7 Å². The van der Waals surface area contributed by atoms with E-state index in [2.05, 4.69) is 15.3 Å². The number of amides is 1. The summed E-state index contributed by atoms with van der Waals surface area (Å²) in [6.45, 7) is 2.73. The zero-order chi connectivity index (χ0) is 13.2. The Morgan fingerprint density at radius 3 is 2.83 bits per heavy atom. The first-order chi connectivity index (χ1) is 8.64. The van der Waals surface area contributed by atoms with E-state index in [1.807, 2.05) is 13.2 Å². The van der Waals surface area contributed by atoms with Gasteiger partial charge in [0.15, 0.2) is 5.16 Å². The maximum Gasteiger partial charge on any atom is 0.230 e. The molecule has 0 atom stereocenters. The largest absolute Gasteiger partial charge is 0.355 e. The fourth-order valence-corrected chi connectivity index (χ4v) is 2.62. The number of carbonyl (C=O) groups excluding carboxylic acids is 1. The van der Waals surface area contributed by atoms with Crippen LogP contribution >= 0.6 is 23.4 Å². The van der Waals surface area contributed by atoms with Gasteiger partial charge in [-0.3, -0.25) is 4.79 Å². The van der Waals surface area contributed by atoms with Gasteiger partial charge in [-0.05, 0) is 25.5 Å². The molecule has 2 rings (SSSR count). The third kappa shape index (κ3) is 2.47. The van der Waals surface area contributed by atoms with E-state index in [9.17, 15) is 4.79 Å². The molecule has 0 unspecified atom stereocenters. The molecule has 4 nitrogen and oxygen atoms in total. The van der Waals surface area contributed by atoms with Gasteiger partial charge in [-0.2, -0.15) is 0 Å². The van der Waals surface area contributed by atoms with Crippen LogP contribution in [0.15, 0.2) is 11.4 Å². The van der Waals surface area contributed by atoms with Crippen LogP contribution in [0.4, 0.5) is 0 Å². The number of aromatic nitrogens is 2. The number of nitrogens with zero attached hydrogens (tertiary/aromatic N) is 2. The lowest BCUT2D eigenvalue weighted by atomic mass is 9.98. The zero-order valence-electron chi connectivity index (χ0n) is 10.5. The summed E-state index contributed by atoms with van der Waals surface area (Å²) in [5.41, 5.74) is 0.277. The number of hydrogen-bond acceptors (Lipinski definition) is 4. The van der Waals surface area contributed by atoms with Crippen molar-refractivity contribution >= 4 is 29.3 Å². The van der Waals surface area contributed by atoms with E-state index in [-0.39, 0.29) is 5.91 Å². The number of nitrogens with one attached hydrogen (secondary N) is 1. The fraction of sp³-hybridized carbons (Fsp3) is 0.583. The van der Waals surface area contributed by atoms with Crippen molar-refractivity contribution in [2.24, 2.45) is 0 Å². The van der Waals surface area contributed by atoms with E-state index in [1.54, 1.807) is 6.20 Å². The highest BCUT2D eigenvalue weighted by Crippen LogP contribution is 2.50. The molecule has 98 valence electrons. The van der Waals surface area contributed by atoms with E-state index in [0.29, 0.717) is 16.9 Å². The second kappa shape index (κ2) is 5.45. The van der Waals surface area contributed by atoms with Gasteiger partial charge in [-0.15, -0.1) is 0 Å². The van der Waals surface area contributed by atoms with Crippen molar-refractivity contribution in [2.75, 3.05) is 12.8 Å². The van der Waals surface area contributed by atoms with Crippen LogP contribution in [0.5, 0.6) is 0 Å². The Morgan fingerprint density at radius 1 is 1.61 bits per heavy atom. The molecule has 0 aromatic carbocycles.